The van der Waals surface area contributed by atoms with E-state index in [-0.39, 0.29) is 17.2 Å². The van der Waals surface area contributed by atoms with Gasteiger partial charge in [0.15, 0.2) is 12.6 Å². The molecular weight excluding hydrogens is 314 g/mol. The maximum absolute atomic E-state index is 10.8. The zero-order chi connectivity index (χ0) is 17.0. The molecule has 0 bridgehead atoms. The second-order valence-corrected chi connectivity index (χ2v) is 6.00. The first-order valence-corrected chi connectivity index (χ1v) is 7.51. The van der Waals surface area contributed by atoms with E-state index in [1.165, 1.54) is 18.3 Å². The van der Waals surface area contributed by atoms with Crippen LogP contribution in [0.4, 0.5) is 5.69 Å². The van der Waals surface area contributed by atoms with Gasteiger partial charge in [-0.3, -0.25) is 15.0 Å². The standard InChI is InChI=1S/C16H15N3O3S/c1-9-5-12(15-4-3-11(7-20)23-15)16(22)13(6-9)18-19-14(8-21)10(2)17/h3-8,17-18,22H,1-2H3/b17-10?,19-14+. The fraction of sp³-hybridized carbons (Fsp3) is 0.125. The van der Waals surface area contributed by atoms with Crippen LogP contribution in [0.2, 0.25) is 0 Å². The minimum Gasteiger partial charge on any atom is -0.505 e. The second-order valence-electron chi connectivity index (χ2n) is 4.88. The molecule has 0 amide bonds. The molecule has 2 aromatic rings. The molecule has 0 fully saturated rings. The maximum Gasteiger partial charge on any atom is 0.172 e. The number of aldehydes is 2. The first-order chi connectivity index (χ1) is 11.0. The van der Waals surface area contributed by atoms with Crippen molar-refractivity contribution in [1.29, 1.82) is 5.41 Å². The number of anilines is 1. The Labute approximate surface area is 137 Å². The average Bonchev–Trinajstić information content (AvgIpc) is 2.99. The van der Waals surface area contributed by atoms with Gasteiger partial charge >= 0.3 is 0 Å². The van der Waals surface area contributed by atoms with Gasteiger partial charge in [0.1, 0.15) is 11.5 Å². The van der Waals surface area contributed by atoms with Crippen molar-refractivity contribution in [3.63, 3.8) is 0 Å². The number of nitrogens with one attached hydrogen (secondary N) is 2. The smallest absolute Gasteiger partial charge is 0.172 e. The van der Waals surface area contributed by atoms with E-state index in [4.69, 9.17) is 5.41 Å². The zero-order valence-corrected chi connectivity index (χ0v) is 13.4. The van der Waals surface area contributed by atoms with Gasteiger partial charge in [-0.05, 0) is 43.7 Å². The SMILES string of the molecule is CC(=N)/C(C=O)=N/Nc1cc(C)cc(-c2ccc(C=O)s2)c1O. The van der Waals surface area contributed by atoms with Gasteiger partial charge in [-0.15, -0.1) is 11.3 Å². The van der Waals surface area contributed by atoms with E-state index in [2.05, 4.69) is 10.5 Å². The van der Waals surface area contributed by atoms with Crippen LogP contribution in [-0.4, -0.2) is 29.1 Å². The summed E-state index contributed by atoms with van der Waals surface area (Å²) < 4.78 is 0. The predicted octanol–water partition coefficient (Wildman–Crippen LogP) is 3.25. The molecule has 7 heteroatoms. The quantitative estimate of drug-likeness (QED) is 0.327. The third kappa shape index (κ3) is 3.70. The van der Waals surface area contributed by atoms with Gasteiger partial charge in [0.05, 0.1) is 16.3 Å². The largest absolute Gasteiger partial charge is 0.505 e. The van der Waals surface area contributed by atoms with Crippen molar-refractivity contribution in [2.24, 2.45) is 5.10 Å². The highest BCUT2D eigenvalue weighted by Gasteiger charge is 2.13. The number of carbonyl (C=O) groups excluding carboxylic acids is 2. The van der Waals surface area contributed by atoms with Gasteiger partial charge in [-0.2, -0.15) is 5.10 Å². The molecule has 118 valence electrons. The second kappa shape index (κ2) is 6.97. The molecule has 2 rings (SSSR count). The molecule has 1 aromatic heterocycles. The summed E-state index contributed by atoms with van der Waals surface area (Å²) in [6.07, 6.45) is 1.23. The fourth-order valence-corrected chi connectivity index (χ4v) is 2.77. The predicted molar refractivity (Wildman–Crippen MR) is 92.1 cm³/mol. The number of hydrogen-bond donors (Lipinski definition) is 3. The van der Waals surface area contributed by atoms with Crippen molar-refractivity contribution >= 4 is 41.0 Å². The van der Waals surface area contributed by atoms with E-state index in [1.54, 1.807) is 24.3 Å². The van der Waals surface area contributed by atoms with Gasteiger partial charge < -0.3 is 10.5 Å². The van der Waals surface area contributed by atoms with E-state index in [0.717, 1.165) is 16.7 Å². The van der Waals surface area contributed by atoms with Crippen molar-refractivity contribution in [1.82, 2.24) is 0 Å². The summed E-state index contributed by atoms with van der Waals surface area (Å²) in [6, 6.07) is 6.92. The molecule has 0 atom stereocenters. The van der Waals surface area contributed by atoms with E-state index in [0.29, 0.717) is 22.4 Å². The Bertz CT molecular complexity index is 809. The minimum absolute atomic E-state index is 0.0220. The lowest BCUT2D eigenvalue weighted by atomic mass is 10.1. The maximum atomic E-state index is 10.8. The average molecular weight is 329 g/mol. The number of hydrazone groups is 1. The van der Waals surface area contributed by atoms with Crippen molar-refractivity contribution in [2.45, 2.75) is 13.8 Å². The van der Waals surface area contributed by atoms with Gasteiger partial charge in [-0.25, -0.2) is 0 Å². The number of aryl methyl sites for hydroxylation is 1. The molecule has 6 nitrogen and oxygen atoms in total. The van der Waals surface area contributed by atoms with Gasteiger partial charge in [0.2, 0.25) is 0 Å². The Morgan fingerprint density at radius 3 is 2.65 bits per heavy atom. The Kier molecular flexibility index (Phi) is 5.02. The van der Waals surface area contributed by atoms with Crippen LogP contribution in [0.15, 0.2) is 29.4 Å². The molecule has 0 spiro atoms. The number of benzene rings is 1. The number of rotatable bonds is 6. The molecule has 0 radical (unpaired) electrons. The van der Waals surface area contributed by atoms with Gasteiger partial charge in [-0.1, -0.05) is 0 Å². The number of phenols is 1. The van der Waals surface area contributed by atoms with E-state index in [9.17, 15) is 14.7 Å². The van der Waals surface area contributed by atoms with Crippen LogP contribution in [-0.2, 0) is 4.79 Å². The Morgan fingerprint density at radius 2 is 2.09 bits per heavy atom. The first-order valence-electron chi connectivity index (χ1n) is 6.69. The summed E-state index contributed by atoms with van der Waals surface area (Å²) in [5, 5.41) is 21.7. The summed E-state index contributed by atoms with van der Waals surface area (Å²) in [7, 11) is 0. The summed E-state index contributed by atoms with van der Waals surface area (Å²) >= 11 is 1.27. The lowest BCUT2D eigenvalue weighted by molar-refractivity contribution is -0.102. The Balaban J connectivity index is 2.44. The summed E-state index contributed by atoms with van der Waals surface area (Å²) in [6.45, 7) is 3.30. The van der Waals surface area contributed by atoms with Crippen molar-refractivity contribution in [3.05, 3.63) is 34.7 Å². The molecular formula is C16H15N3O3S. The molecule has 1 aromatic carbocycles. The number of aromatic hydroxyl groups is 1. The van der Waals surface area contributed by atoms with Crippen LogP contribution in [0.1, 0.15) is 22.2 Å². The van der Waals surface area contributed by atoms with E-state index >= 15 is 0 Å². The number of hydrogen-bond acceptors (Lipinski definition) is 7. The zero-order valence-electron chi connectivity index (χ0n) is 12.6. The third-order valence-electron chi connectivity index (χ3n) is 3.06. The molecule has 0 aliphatic rings. The van der Waals surface area contributed by atoms with Crippen molar-refractivity contribution < 1.29 is 14.7 Å². The number of thiophene rings is 1. The first kappa shape index (κ1) is 16.6. The lowest BCUT2D eigenvalue weighted by Gasteiger charge is -2.10. The van der Waals surface area contributed by atoms with E-state index in [1.807, 2.05) is 6.92 Å². The number of nitrogens with zero attached hydrogens (tertiary/aromatic N) is 1. The molecule has 0 saturated heterocycles. The van der Waals surface area contributed by atoms with Crippen LogP contribution in [0.25, 0.3) is 10.4 Å². The van der Waals surface area contributed by atoms with Crippen molar-refractivity contribution in [3.8, 4) is 16.2 Å². The Hall–Kier alpha value is -2.80. The van der Waals surface area contributed by atoms with Crippen LogP contribution in [0, 0.1) is 12.3 Å². The molecule has 23 heavy (non-hydrogen) atoms. The Morgan fingerprint density at radius 1 is 1.35 bits per heavy atom. The molecule has 0 aliphatic carbocycles. The normalized spacial score (nSPS) is 11.1. The summed E-state index contributed by atoms with van der Waals surface area (Å²) in [5.74, 6) is -0.0356. The highest BCUT2D eigenvalue weighted by molar-refractivity contribution is 7.17. The molecule has 0 saturated carbocycles. The third-order valence-corrected chi connectivity index (χ3v) is 4.10. The summed E-state index contributed by atoms with van der Waals surface area (Å²) in [5.41, 5.74) is 4.35. The van der Waals surface area contributed by atoms with Crippen LogP contribution < -0.4 is 5.43 Å². The lowest BCUT2D eigenvalue weighted by Crippen LogP contribution is -2.12. The highest BCUT2D eigenvalue weighted by Crippen LogP contribution is 2.39. The van der Waals surface area contributed by atoms with Gasteiger partial charge in [0, 0.05) is 10.4 Å². The number of carbonyl (C=O) groups is 2. The molecule has 0 unspecified atom stereocenters. The fourth-order valence-electron chi connectivity index (χ4n) is 1.93. The molecule has 0 aliphatic heterocycles. The van der Waals surface area contributed by atoms with Crippen molar-refractivity contribution in [2.75, 3.05) is 5.43 Å². The monoisotopic (exact) mass is 329 g/mol. The van der Waals surface area contributed by atoms with Crippen LogP contribution in [0.3, 0.4) is 0 Å². The van der Waals surface area contributed by atoms with Crippen LogP contribution >= 0.6 is 11.3 Å². The van der Waals surface area contributed by atoms with Gasteiger partial charge in [0.25, 0.3) is 0 Å². The molecule has 3 N–H and O–H groups in total. The number of phenolic OH excluding ortho intramolecular Hbond substituents is 1. The minimum atomic E-state index is -0.0492. The summed E-state index contributed by atoms with van der Waals surface area (Å²) in [4.78, 5) is 23.0. The van der Waals surface area contributed by atoms with E-state index < -0.39 is 0 Å². The van der Waals surface area contributed by atoms with Crippen LogP contribution in [0.5, 0.6) is 5.75 Å². The topological polar surface area (TPSA) is 103 Å². The highest BCUT2D eigenvalue weighted by atomic mass is 32.1. The molecule has 1 heterocycles.